The van der Waals surface area contributed by atoms with Crippen LogP contribution in [-0.2, 0) is 14.3 Å². The van der Waals surface area contributed by atoms with E-state index in [9.17, 15) is 24.5 Å². The second kappa shape index (κ2) is 8.64. The lowest BCUT2D eigenvalue weighted by Crippen LogP contribution is -2.57. The van der Waals surface area contributed by atoms with E-state index in [2.05, 4.69) is 0 Å². The predicted octanol–water partition coefficient (Wildman–Crippen LogP) is 4.28. The van der Waals surface area contributed by atoms with Gasteiger partial charge in [0.1, 0.15) is 11.2 Å². The molecule has 0 spiro atoms. The van der Waals surface area contributed by atoms with Crippen LogP contribution in [0.5, 0.6) is 0 Å². The number of Topliss-reactive ketones (excluding diaryl/α,β-unsaturated/α-hetero) is 1. The highest BCUT2D eigenvalue weighted by Gasteiger charge is 2.54. The number of esters is 1. The maximum Gasteiger partial charge on any atom is 0.411 e. The van der Waals surface area contributed by atoms with E-state index < -0.39 is 39.5 Å². The minimum atomic E-state index is -1.51. The molecule has 1 unspecified atom stereocenters. The van der Waals surface area contributed by atoms with Gasteiger partial charge in [-0.15, -0.1) is 0 Å². The van der Waals surface area contributed by atoms with E-state index in [1.54, 1.807) is 41.5 Å². The Kier molecular flexibility index (Phi) is 6.78. The van der Waals surface area contributed by atoms with Crippen molar-refractivity contribution in [2.75, 3.05) is 6.54 Å². The first kappa shape index (κ1) is 24.3. The molecule has 0 aromatic heterocycles. The van der Waals surface area contributed by atoms with Gasteiger partial charge in [0, 0.05) is 30.7 Å². The van der Waals surface area contributed by atoms with Crippen LogP contribution in [0.1, 0.15) is 71.2 Å². The highest BCUT2D eigenvalue weighted by atomic mass is 16.6. The lowest BCUT2D eigenvalue weighted by molar-refractivity contribution is -0.384. The molecule has 9 heteroatoms. The number of nitro benzene ring substituents is 1. The summed E-state index contributed by atoms with van der Waals surface area (Å²) < 4.78 is 11.1. The molecule has 1 aromatic carbocycles. The molecular weight excluding hydrogens is 404 g/mol. The van der Waals surface area contributed by atoms with Crippen LogP contribution < -0.4 is 0 Å². The quantitative estimate of drug-likeness (QED) is 0.294. The maximum atomic E-state index is 13.3. The fraction of sp³-hybridized carbons (Fsp3) is 0.591. The fourth-order valence-electron chi connectivity index (χ4n) is 3.44. The average molecular weight is 434 g/mol. The Morgan fingerprint density at radius 1 is 1.03 bits per heavy atom. The van der Waals surface area contributed by atoms with Gasteiger partial charge in [-0.3, -0.25) is 19.8 Å². The summed E-state index contributed by atoms with van der Waals surface area (Å²) in [7, 11) is 0. The van der Waals surface area contributed by atoms with E-state index >= 15 is 0 Å². The predicted molar refractivity (Wildman–Crippen MR) is 113 cm³/mol. The van der Waals surface area contributed by atoms with Crippen molar-refractivity contribution in [3.8, 4) is 0 Å². The van der Waals surface area contributed by atoms with Crippen molar-refractivity contribution in [2.45, 2.75) is 77.5 Å². The van der Waals surface area contributed by atoms with Crippen molar-refractivity contribution in [3.05, 3.63) is 39.9 Å². The third-order valence-corrected chi connectivity index (χ3v) is 4.73. The molecule has 1 amide bonds. The number of hydrogen-bond donors (Lipinski definition) is 0. The lowest BCUT2D eigenvalue weighted by Gasteiger charge is -2.38. The molecule has 0 N–H and O–H groups in total. The van der Waals surface area contributed by atoms with E-state index in [-0.39, 0.29) is 30.6 Å². The van der Waals surface area contributed by atoms with Crippen LogP contribution in [0, 0.1) is 10.1 Å². The normalized spacial score (nSPS) is 19.1. The van der Waals surface area contributed by atoms with Crippen LogP contribution in [0.15, 0.2) is 24.3 Å². The van der Waals surface area contributed by atoms with Crippen molar-refractivity contribution < 1.29 is 28.8 Å². The van der Waals surface area contributed by atoms with Crippen molar-refractivity contribution in [1.29, 1.82) is 0 Å². The van der Waals surface area contributed by atoms with Crippen molar-refractivity contribution in [1.82, 2.24) is 4.90 Å². The van der Waals surface area contributed by atoms with Gasteiger partial charge in [-0.2, -0.15) is 0 Å². The zero-order valence-electron chi connectivity index (χ0n) is 18.9. The molecule has 9 nitrogen and oxygen atoms in total. The number of benzene rings is 1. The Morgan fingerprint density at radius 2 is 1.58 bits per heavy atom. The highest BCUT2D eigenvalue weighted by molar-refractivity contribution is 6.01. The molecule has 1 fully saturated rings. The van der Waals surface area contributed by atoms with Crippen LogP contribution in [0.2, 0.25) is 0 Å². The van der Waals surface area contributed by atoms with Gasteiger partial charge in [0.25, 0.3) is 5.69 Å². The van der Waals surface area contributed by atoms with Gasteiger partial charge in [0.05, 0.1) is 4.92 Å². The molecule has 2 rings (SSSR count). The molecule has 0 saturated carbocycles. The van der Waals surface area contributed by atoms with Crippen LogP contribution in [0.4, 0.5) is 10.5 Å². The Balaban J connectivity index is 2.40. The second-order valence-corrected chi connectivity index (χ2v) is 9.67. The number of nitro groups is 1. The highest BCUT2D eigenvalue weighted by Crippen LogP contribution is 2.37. The third-order valence-electron chi connectivity index (χ3n) is 4.73. The smallest absolute Gasteiger partial charge is 0.411 e. The van der Waals surface area contributed by atoms with Crippen molar-refractivity contribution >= 4 is 23.5 Å². The first-order valence-electron chi connectivity index (χ1n) is 10.2. The number of likely N-dealkylation sites (tertiary alicyclic amines) is 1. The lowest BCUT2D eigenvalue weighted by atomic mass is 9.87. The average Bonchev–Trinajstić information content (AvgIpc) is 3.04. The third kappa shape index (κ3) is 6.02. The largest absolute Gasteiger partial charge is 0.458 e. The number of non-ortho nitro benzene ring substituents is 1. The Hall–Kier alpha value is -2.97. The van der Waals surface area contributed by atoms with Gasteiger partial charge >= 0.3 is 12.1 Å². The van der Waals surface area contributed by atoms with E-state index in [4.69, 9.17) is 9.47 Å². The van der Waals surface area contributed by atoms with E-state index in [0.717, 1.165) is 0 Å². The molecule has 0 radical (unpaired) electrons. The molecule has 0 bridgehead atoms. The minimum absolute atomic E-state index is 0.144. The van der Waals surface area contributed by atoms with Crippen LogP contribution in [-0.4, -0.2) is 51.0 Å². The van der Waals surface area contributed by atoms with Gasteiger partial charge in [-0.1, -0.05) is 0 Å². The molecular formula is C22H30N2O7. The maximum absolute atomic E-state index is 13.3. The molecule has 1 heterocycles. The number of hydrogen-bond acceptors (Lipinski definition) is 7. The van der Waals surface area contributed by atoms with Crippen molar-refractivity contribution in [2.24, 2.45) is 0 Å². The monoisotopic (exact) mass is 434 g/mol. The summed E-state index contributed by atoms with van der Waals surface area (Å²) in [5.41, 5.74) is -3.03. The number of carbonyl (C=O) groups excluding carboxylic acids is 3. The topological polar surface area (TPSA) is 116 Å². The molecule has 1 aliphatic rings. The number of carbonyl (C=O) groups is 3. The summed E-state index contributed by atoms with van der Waals surface area (Å²) in [6, 6.07) is 5.15. The Bertz CT molecular complexity index is 865. The number of ketones is 1. The van der Waals surface area contributed by atoms with Gasteiger partial charge in [-0.25, -0.2) is 9.59 Å². The zero-order chi connectivity index (χ0) is 23.6. The van der Waals surface area contributed by atoms with E-state index in [1.807, 2.05) is 0 Å². The summed E-state index contributed by atoms with van der Waals surface area (Å²) >= 11 is 0. The van der Waals surface area contributed by atoms with Crippen LogP contribution in [0.3, 0.4) is 0 Å². The zero-order valence-corrected chi connectivity index (χ0v) is 18.9. The van der Waals surface area contributed by atoms with Gasteiger partial charge in [0.15, 0.2) is 11.3 Å². The SMILES string of the molecule is CC(C)(C)OC(=O)N1CCCC1(CC(=O)c1ccc([N+](=O)[O-])cc1)C(=O)OC(C)(C)C. The number of rotatable bonds is 5. The van der Waals surface area contributed by atoms with E-state index in [1.165, 1.54) is 29.2 Å². The molecule has 170 valence electrons. The minimum Gasteiger partial charge on any atom is -0.458 e. The second-order valence-electron chi connectivity index (χ2n) is 9.67. The first-order valence-corrected chi connectivity index (χ1v) is 10.2. The number of ether oxygens (including phenoxy) is 2. The van der Waals surface area contributed by atoms with Gasteiger partial charge in [-0.05, 0) is 66.5 Å². The van der Waals surface area contributed by atoms with Crippen molar-refractivity contribution in [3.63, 3.8) is 0 Å². The molecule has 1 saturated heterocycles. The van der Waals surface area contributed by atoms with Crippen LogP contribution >= 0.6 is 0 Å². The molecule has 1 aliphatic heterocycles. The Morgan fingerprint density at radius 3 is 2.06 bits per heavy atom. The summed E-state index contributed by atoms with van der Waals surface area (Å²) in [6.45, 7) is 10.5. The van der Waals surface area contributed by atoms with Gasteiger partial charge in [0.2, 0.25) is 0 Å². The molecule has 1 atom stereocenters. The molecule has 0 aliphatic carbocycles. The number of nitrogens with zero attached hydrogens (tertiary/aromatic N) is 2. The summed E-state index contributed by atoms with van der Waals surface area (Å²) in [6.07, 6.45) is -0.238. The summed E-state index contributed by atoms with van der Waals surface area (Å²) in [4.78, 5) is 50.8. The fourth-order valence-corrected chi connectivity index (χ4v) is 3.44. The Labute approximate surface area is 181 Å². The van der Waals surface area contributed by atoms with E-state index in [0.29, 0.717) is 6.42 Å². The molecule has 31 heavy (non-hydrogen) atoms. The summed E-state index contributed by atoms with van der Waals surface area (Å²) in [5, 5.41) is 10.9. The van der Waals surface area contributed by atoms with Crippen LogP contribution in [0.25, 0.3) is 0 Å². The summed E-state index contributed by atoms with van der Waals surface area (Å²) in [5.74, 6) is -1.09. The molecule has 1 aromatic rings. The number of amides is 1. The van der Waals surface area contributed by atoms with Gasteiger partial charge < -0.3 is 9.47 Å². The standard InChI is InChI=1S/C22H30N2O7/c1-20(2,3)30-18(26)22(12-7-13-23(22)19(27)31-21(4,5)6)14-17(25)15-8-10-16(11-9-15)24(28)29/h8-11H,7,12-14H2,1-6H3. The first-order chi connectivity index (χ1) is 14.1.